The van der Waals surface area contributed by atoms with E-state index in [1.54, 1.807) is 0 Å². The molecule has 0 aromatic rings. The monoisotopic (exact) mass is 811 g/mol. The Bertz CT molecular complexity index is 1070. The van der Waals surface area contributed by atoms with Crippen molar-refractivity contribution in [2.75, 3.05) is 13.2 Å². The Morgan fingerprint density at radius 2 is 0.707 bits per heavy atom. The molecule has 58 heavy (non-hydrogen) atoms. The summed E-state index contributed by atoms with van der Waals surface area (Å²) in [5.41, 5.74) is 0. The molecule has 0 radical (unpaired) electrons. The van der Waals surface area contributed by atoms with Gasteiger partial charge in [0.05, 0.1) is 0 Å². The normalized spacial score (nSPS) is 12.5. The smallest absolute Gasteiger partial charge is 0.306 e. The van der Waals surface area contributed by atoms with E-state index < -0.39 is 6.10 Å². The quantitative estimate of drug-likeness (QED) is 0.0264. The van der Waals surface area contributed by atoms with Gasteiger partial charge >= 0.3 is 17.9 Å². The number of unbranched alkanes of at least 4 members (excludes halogenated alkanes) is 22. The summed E-state index contributed by atoms with van der Waals surface area (Å²) in [6.45, 7) is 6.43. The van der Waals surface area contributed by atoms with Gasteiger partial charge in [-0.1, -0.05) is 204 Å². The van der Waals surface area contributed by atoms with Crippen LogP contribution in [-0.2, 0) is 28.6 Å². The van der Waals surface area contributed by atoms with Crippen molar-refractivity contribution < 1.29 is 28.6 Å². The fraction of sp³-hybridized carbons (Fsp3) is 0.750. The van der Waals surface area contributed by atoms with E-state index in [-0.39, 0.29) is 37.5 Å². The van der Waals surface area contributed by atoms with Crippen molar-refractivity contribution in [3.63, 3.8) is 0 Å². The molecule has 0 fully saturated rings. The molecule has 6 heteroatoms. The van der Waals surface area contributed by atoms with E-state index in [1.807, 2.05) is 6.08 Å². The second-order valence-corrected chi connectivity index (χ2v) is 16.0. The van der Waals surface area contributed by atoms with Crippen LogP contribution >= 0.6 is 0 Å². The maximum Gasteiger partial charge on any atom is 0.306 e. The third kappa shape index (κ3) is 44.2. The summed E-state index contributed by atoms with van der Waals surface area (Å²) < 4.78 is 16.6. The SMILES string of the molecule is CC/C=C\C/C=C\C/C=C\CCCCC(=O)OCC(COC(=O)CCCCCCCCCCCCCCCCC)OC(=O)CC/C=C\C/C=C\CCCCCCCC. The Hall–Kier alpha value is -2.89. The topological polar surface area (TPSA) is 78.9 Å². The molecule has 0 aromatic heterocycles. The highest BCUT2D eigenvalue weighted by atomic mass is 16.6. The van der Waals surface area contributed by atoms with Gasteiger partial charge in [-0.25, -0.2) is 0 Å². The predicted octanol–water partition coefficient (Wildman–Crippen LogP) is 15.7. The van der Waals surface area contributed by atoms with Gasteiger partial charge in [-0.15, -0.1) is 0 Å². The molecule has 334 valence electrons. The number of ether oxygens (including phenoxy) is 3. The van der Waals surface area contributed by atoms with Crippen LogP contribution in [0.2, 0.25) is 0 Å². The second-order valence-electron chi connectivity index (χ2n) is 16.0. The van der Waals surface area contributed by atoms with E-state index in [0.29, 0.717) is 19.3 Å². The van der Waals surface area contributed by atoms with Gasteiger partial charge < -0.3 is 14.2 Å². The van der Waals surface area contributed by atoms with Crippen LogP contribution in [0.25, 0.3) is 0 Å². The molecule has 0 aliphatic heterocycles. The van der Waals surface area contributed by atoms with Crippen LogP contribution < -0.4 is 0 Å². The van der Waals surface area contributed by atoms with Crippen LogP contribution in [0.1, 0.15) is 233 Å². The van der Waals surface area contributed by atoms with Gasteiger partial charge in [0.25, 0.3) is 0 Å². The molecule has 0 amide bonds. The van der Waals surface area contributed by atoms with E-state index in [1.165, 1.54) is 116 Å². The zero-order chi connectivity index (χ0) is 42.3. The van der Waals surface area contributed by atoms with E-state index in [9.17, 15) is 14.4 Å². The minimum absolute atomic E-state index is 0.107. The number of rotatable bonds is 43. The number of hydrogen-bond donors (Lipinski definition) is 0. The lowest BCUT2D eigenvalue weighted by atomic mass is 10.0. The summed E-state index contributed by atoms with van der Waals surface area (Å²) in [5, 5.41) is 0. The van der Waals surface area contributed by atoms with Gasteiger partial charge in [0.15, 0.2) is 6.10 Å². The minimum Gasteiger partial charge on any atom is -0.462 e. The van der Waals surface area contributed by atoms with Crippen molar-refractivity contribution in [2.45, 2.75) is 239 Å². The number of hydrogen-bond acceptors (Lipinski definition) is 6. The highest BCUT2D eigenvalue weighted by Gasteiger charge is 2.19. The van der Waals surface area contributed by atoms with Crippen molar-refractivity contribution >= 4 is 17.9 Å². The van der Waals surface area contributed by atoms with Crippen LogP contribution in [0, 0.1) is 0 Å². The highest BCUT2D eigenvalue weighted by molar-refractivity contribution is 5.71. The Kier molecular flexibility index (Phi) is 44.5. The molecule has 0 spiro atoms. The highest BCUT2D eigenvalue weighted by Crippen LogP contribution is 2.15. The molecule has 0 aromatic carbocycles. The number of carbonyl (C=O) groups is 3. The first-order valence-electron chi connectivity index (χ1n) is 24.3. The molecule has 0 N–H and O–H groups in total. The van der Waals surface area contributed by atoms with Crippen molar-refractivity contribution in [2.24, 2.45) is 0 Å². The fourth-order valence-electron chi connectivity index (χ4n) is 6.63. The van der Waals surface area contributed by atoms with Crippen LogP contribution in [-0.4, -0.2) is 37.2 Å². The zero-order valence-electron chi connectivity index (χ0n) is 38.0. The summed E-state index contributed by atoms with van der Waals surface area (Å²) in [4.78, 5) is 37.8. The lowest BCUT2D eigenvalue weighted by Gasteiger charge is -2.18. The Morgan fingerprint density at radius 3 is 1.16 bits per heavy atom. The first-order chi connectivity index (χ1) is 28.5. The molecular formula is C52H90O6. The van der Waals surface area contributed by atoms with Gasteiger partial charge in [-0.2, -0.15) is 0 Å². The fourth-order valence-corrected chi connectivity index (χ4v) is 6.63. The van der Waals surface area contributed by atoms with E-state index in [0.717, 1.165) is 70.6 Å². The van der Waals surface area contributed by atoms with Crippen molar-refractivity contribution in [1.82, 2.24) is 0 Å². The Labute approximate surface area is 358 Å². The summed E-state index contributed by atoms with van der Waals surface area (Å²) in [6, 6.07) is 0. The summed E-state index contributed by atoms with van der Waals surface area (Å²) in [6.07, 6.45) is 56.5. The Balaban J connectivity index is 4.47. The van der Waals surface area contributed by atoms with Gasteiger partial charge in [-0.05, 0) is 70.6 Å². The van der Waals surface area contributed by atoms with Crippen LogP contribution in [0.4, 0.5) is 0 Å². The lowest BCUT2D eigenvalue weighted by Crippen LogP contribution is -2.30. The predicted molar refractivity (Wildman–Crippen MR) is 247 cm³/mol. The van der Waals surface area contributed by atoms with E-state index >= 15 is 0 Å². The standard InChI is InChI=1S/C52H90O6/c1-4-7-10-13-16-19-22-25-26-28-30-33-36-39-42-45-51(54)57-48-49(47-56-50(53)44-41-38-35-32-29-24-21-18-15-12-9-6-3)58-52(55)46-43-40-37-34-31-27-23-20-17-14-11-8-5-2/h9,12,18,21,27,29,31-32,37,40,49H,4-8,10-11,13-17,19-20,22-26,28,30,33-36,38-39,41-48H2,1-3H3/b12-9-,21-18-,31-27-,32-29-,40-37-. The van der Waals surface area contributed by atoms with Crippen molar-refractivity contribution in [1.29, 1.82) is 0 Å². The average Bonchev–Trinajstić information content (AvgIpc) is 3.22. The third-order valence-electron chi connectivity index (χ3n) is 10.3. The maximum atomic E-state index is 12.7. The molecule has 0 saturated carbocycles. The third-order valence-corrected chi connectivity index (χ3v) is 10.3. The number of carbonyl (C=O) groups excluding carboxylic acids is 3. The maximum absolute atomic E-state index is 12.7. The van der Waals surface area contributed by atoms with Crippen LogP contribution in [0.15, 0.2) is 60.8 Å². The molecule has 1 unspecified atom stereocenters. The largest absolute Gasteiger partial charge is 0.462 e. The van der Waals surface area contributed by atoms with Crippen molar-refractivity contribution in [3.05, 3.63) is 60.8 Å². The number of esters is 3. The van der Waals surface area contributed by atoms with Gasteiger partial charge in [0.2, 0.25) is 0 Å². The first kappa shape index (κ1) is 55.1. The lowest BCUT2D eigenvalue weighted by molar-refractivity contribution is -0.166. The summed E-state index contributed by atoms with van der Waals surface area (Å²) in [7, 11) is 0. The molecule has 0 aliphatic rings. The zero-order valence-corrected chi connectivity index (χ0v) is 38.0. The number of allylic oxidation sites excluding steroid dienone is 10. The Morgan fingerprint density at radius 1 is 0.362 bits per heavy atom. The molecule has 0 saturated heterocycles. The van der Waals surface area contributed by atoms with Gasteiger partial charge in [-0.3, -0.25) is 14.4 Å². The van der Waals surface area contributed by atoms with Crippen molar-refractivity contribution in [3.8, 4) is 0 Å². The molecule has 0 bridgehead atoms. The molecule has 0 aliphatic carbocycles. The van der Waals surface area contributed by atoms with Gasteiger partial charge in [0, 0.05) is 19.3 Å². The molecular weight excluding hydrogens is 721 g/mol. The van der Waals surface area contributed by atoms with E-state index in [4.69, 9.17) is 14.2 Å². The van der Waals surface area contributed by atoms with Crippen LogP contribution in [0.5, 0.6) is 0 Å². The van der Waals surface area contributed by atoms with E-state index in [2.05, 4.69) is 75.5 Å². The molecule has 0 heterocycles. The first-order valence-corrected chi connectivity index (χ1v) is 24.3. The van der Waals surface area contributed by atoms with Crippen LogP contribution in [0.3, 0.4) is 0 Å². The molecule has 1 atom stereocenters. The summed E-state index contributed by atoms with van der Waals surface area (Å²) >= 11 is 0. The second kappa shape index (κ2) is 46.8. The average molecular weight is 811 g/mol. The summed E-state index contributed by atoms with van der Waals surface area (Å²) in [5.74, 6) is -1.02. The molecule has 6 nitrogen and oxygen atoms in total. The van der Waals surface area contributed by atoms with Gasteiger partial charge in [0.1, 0.15) is 13.2 Å². The molecule has 0 rings (SSSR count). The minimum atomic E-state index is -0.816.